The Hall–Kier alpha value is -0.258. The zero-order valence-electron chi connectivity index (χ0n) is 10.0. The van der Waals surface area contributed by atoms with Crippen LogP contribution in [-0.4, -0.2) is 27.2 Å². The van der Waals surface area contributed by atoms with E-state index in [1.54, 1.807) is 6.08 Å². The molecule has 0 aromatic heterocycles. The molecule has 0 fully saturated rings. The van der Waals surface area contributed by atoms with Gasteiger partial charge in [0, 0.05) is 11.2 Å². The average molecular weight is 211 g/mol. The minimum Gasteiger partial charge on any atom is -0.880 e. The Morgan fingerprint density at radius 1 is 1.07 bits per heavy atom. The van der Waals surface area contributed by atoms with Gasteiger partial charge in [-0.25, -0.2) is 0 Å². The standard InChI is InChI=1S/C11H20O2.Al/c1-10(2,3)8(12)7-9(13)11(4,5)6;/h7,12H,1-6H3;/b8-7-;. The number of ketones is 1. The highest BCUT2D eigenvalue weighted by molar-refractivity contribution is 6.00. The summed E-state index contributed by atoms with van der Waals surface area (Å²) in [6.07, 6.45) is 1.70. The highest BCUT2D eigenvalue weighted by Crippen LogP contribution is 2.27. The van der Waals surface area contributed by atoms with Crippen LogP contribution in [0, 0.1) is 10.8 Å². The van der Waals surface area contributed by atoms with Crippen LogP contribution in [0.5, 0.6) is 0 Å². The Bertz CT molecular complexity index is 241. The van der Waals surface area contributed by atoms with E-state index in [1.807, 2.05) is 41.5 Å². The SMILES string of the molecule is CC(C)(C)C(=[OH+])/C=C(\[O][Al-])C(C)(C)C. The molecule has 0 aliphatic rings. The molecule has 2 nitrogen and oxygen atoms in total. The minimum absolute atomic E-state index is 0.0962. The van der Waals surface area contributed by atoms with Gasteiger partial charge in [-0.2, -0.15) is 0 Å². The monoisotopic (exact) mass is 211 g/mol. The molecule has 14 heavy (non-hydrogen) atoms. The fraction of sp³-hybridized carbons (Fsp3) is 0.727. The molecule has 0 saturated carbocycles. The van der Waals surface area contributed by atoms with Crippen LogP contribution >= 0.6 is 0 Å². The third-order valence-corrected chi connectivity index (χ3v) is 2.16. The second kappa shape index (κ2) is 4.51. The van der Waals surface area contributed by atoms with Gasteiger partial charge in [0.25, 0.3) is 0 Å². The summed E-state index contributed by atoms with van der Waals surface area (Å²) >= 11 is 2.22. The van der Waals surface area contributed by atoms with Crippen molar-refractivity contribution in [1.82, 2.24) is 0 Å². The molecule has 0 unspecified atom stereocenters. The summed E-state index contributed by atoms with van der Waals surface area (Å²) in [7, 11) is 0. The molecule has 0 spiro atoms. The van der Waals surface area contributed by atoms with E-state index in [0.29, 0.717) is 5.78 Å². The Kier molecular flexibility index (Phi) is 4.42. The smallest absolute Gasteiger partial charge is 0.324 e. The van der Waals surface area contributed by atoms with Crippen molar-refractivity contribution in [3.05, 3.63) is 11.8 Å². The van der Waals surface area contributed by atoms with Gasteiger partial charge < -0.3 is 3.79 Å². The fourth-order valence-electron chi connectivity index (χ4n) is 0.768. The first-order chi connectivity index (χ1) is 6.09. The van der Waals surface area contributed by atoms with Crippen molar-refractivity contribution in [1.29, 1.82) is 0 Å². The van der Waals surface area contributed by atoms with Gasteiger partial charge in [0.1, 0.15) is 0 Å². The first kappa shape index (κ1) is 13.7. The lowest BCUT2D eigenvalue weighted by Crippen LogP contribution is -2.21. The lowest BCUT2D eigenvalue weighted by molar-refractivity contribution is 0.312. The molecule has 0 aromatic carbocycles. The zero-order chi connectivity index (χ0) is 11.6. The van der Waals surface area contributed by atoms with Crippen LogP contribution in [0.2, 0.25) is 0 Å². The van der Waals surface area contributed by atoms with Crippen molar-refractivity contribution in [2.45, 2.75) is 41.5 Å². The fourth-order valence-corrected chi connectivity index (χ4v) is 1.19. The minimum atomic E-state index is -0.236. The molecule has 0 aromatic rings. The molecule has 0 aliphatic carbocycles. The third kappa shape index (κ3) is 4.30. The molecule has 0 aliphatic heterocycles. The normalized spacial score (nSPS) is 14.1. The zero-order valence-corrected chi connectivity index (χ0v) is 11.2. The molecule has 3 radical (unpaired) electrons. The Morgan fingerprint density at radius 2 is 1.50 bits per heavy atom. The molecule has 0 heterocycles. The van der Waals surface area contributed by atoms with Crippen molar-refractivity contribution in [2.75, 3.05) is 0 Å². The summed E-state index contributed by atoms with van der Waals surface area (Å²) in [5.74, 6) is 1.10. The van der Waals surface area contributed by atoms with Crippen molar-refractivity contribution in [3.63, 3.8) is 0 Å². The molecule has 0 bridgehead atoms. The van der Waals surface area contributed by atoms with E-state index in [0.717, 1.165) is 5.76 Å². The number of allylic oxidation sites excluding steroid dienone is 2. The molecule has 0 atom stereocenters. The molecule has 0 amide bonds. The van der Waals surface area contributed by atoms with E-state index >= 15 is 0 Å². The summed E-state index contributed by atoms with van der Waals surface area (Å²) in [5.41, 5.74) is -0.333. The average Bonchev–Trinajstić information content (AvgIpc) is 1.95. The molecular formula is C11H20AlO2. The van der Waals surface area contributed by atoms with Gasteiger partial charge in [-0.15, -0.1) is 0 Å². The van der Waals surface area contributed by atoms with Crippen LogP contribution in [0.1, 0.15) is 41.5 Å². The van der Waals surface area contributed by atoms with E-state index in [4.69, 9.17) is 3.79 Å². The lowest BCUT2D eigenvalue weighted by atomic mass is 9.87. The second-order valence-electron chi connectivity index (χ2n) is 5.51. The summed E-state index contributed by atoms with van der Waals surface area (Å²) in [6.45, 7) is 12.0. The second-order valence-corrected chi connectivity index (χ2v) is 5.75. The van der Waals surface area contributed by atoms with Gasteiger partial charge in [-0.05, 0) is 20.8 Å². The Morgan fingerprint density at radius 3 is 1.71 bits per heavy atom. The van der Waals surface area contributed by atoms with Crippen molar-refractivity contribution >= 4 is 22.4 Å². The first-order valence-electron chi connectivity index (χ1n) is 4.74. The number of hydrogen-bond donors (Lipinski definition) is 0. The lowest BCUT2D eigenvalue weighted by Gasteiger charge is -2.31. The summed E-state index contributed by atoms with van der Waals surface area (Å²) in [6, 6.07) is 0. The summed E-state index contributed by atoms with van der Waals surface area (Å²) in [4.78, 5) is 9.80. The number of rotatable bonds is 2. The van der Waals surface area contributed by atoms with Gasteiger partial charge in [0.05, 0.1) is 11.5 Å². The maximum absolute atomic E-state index is 9.80. The third-order valence-electron chi connectivity index (χ3n) is 1.90. The van der Waals surface area contributed by atoms with Crippen molar-refractivity contribution in [2.24, 2.45) is 10.8 Å². The van der Waals surface area contributed by atoms with Crippen LogP contribution in [-0.2, 0) is 3.79 Å². The van der Waals surface area contributed by atoms with E-state index in [1.165, 1.54) is 0 Å². The van der Waals surface area contributed by atoms with Crippen molar-refractivity contribution < 1.29 is 8.58 Å². The highest BCUT2D eigenvalue weighted by Gasteiger charge is 2.27. The van der Waals surface area contributed by atoms with E-state index in [9.17, 15) is 4.79 Å². The summed E-state index contributed by atoms with van der Waals surface area (Å²) < 4.78 is 5.18. The van der Waals surface area contributed by atoms with Gasteiger partial charge in [-0.3, -0.25) is 21.4 Å². The van der Waals surface area contributed by atoms with Crippen LogP contribution in [0.3, 0.4) is 0 Å². The van der Waals surface area contributed by atoms with E-state index in [2.05, 4.69) is 16.6 Å². The Labute approximate surface area is 95.5 Å². The van der Waals surface area contributed by atoms with E-state index < -0.39 is 0 Å². The van der Waals surface area contributed by atoms with Gasteiger partial charge in [0.15, 0.2) is 0 Å². The topological polar surface area (TPSA) is 30.6 Å². The van der Waals surface area contributed by atoms with Crippen LogP contribution in [0.4, 0.5) is 0 Å². The van der Waals surface area contributed by atoms with E-state index in [-0.39, 0.29) is 10.8 Å². The summed E-state index contributed by atoms with van der Waals surface area (Å²) in [5, 5.41) is 0. The maximum atomic E-state index is 9.80. The molecule has 1 N–H and O–H groups in total. The molecule has 3 heteroatoms. The van der Waals surface area contributed by atoms with Gasteiger partial charge in [-0.1, -0.05) is 20.8 Å². The number of carbonyl (C=O) groups excluding carboxylic acids is 1. The Balaban J connectivity index is 4.89. The van der Waals surface area contributed by atoms with Crippen LogP contribution < -0.4 is 0 Å². The van der Waals surface area contributed by atoms with Crippen molar-refractivity contribution in [3.8, 4) is 0 Å². The molecular weight excluding hydrogens is 191 g/mol. The quantitative estimate of drug-likeness (QED) is 0.299. The van der Waals surface area contributed by atoms with Gasteiger partial charge >= 0.3 is 5.78 Å². The van der Waals surface area contributed by atoms with Gasteiger partial charge in [0.2, 0.25) is 0 Å². The maximum Gasteiger partial charge on any atom is 0.324 e. The first-order valence-corrected chi connectivity index (χ1v) is 5.21. The predicted octanol–water partition coefficient (Wildman–Crippen LogP) is 2.61. The predicted molar refractivity (Wildman–Crippen MR) is 60.8 cm³/mol. The van der Waals surface area contributed by atoms with Crippen LogP contribution in [0.25, 0.3) is 0 Å². The van der Waals surface area contributed by atoms with Crippen LogP contribution in [0.15, 0.2) is 11.8 Å². The molecule has 0 saturated heterocycles. The largest absolute Gasteiger partial charge is 0.880 e. The molecule has 0 rings (SSSR count). The number of hydrogen-bond acceptors (Lipinski definition) is 1. The molecule has 79 valence electrons. The highest BCUT2D eigenvalue weighted by atomic mass is 27.1.